The summed E-state index contributed by atoms with van der Waals surface area (Å²) >= 11 is 0. The van der Waals surface area contributed by atoms with Gasteiger partial charge in [-0.1, -0.05) is 116 Å². The van der Waals surface area contributed by atoms with Crippen LogP contribution in [0.15, 0.2) is 12.1 Å². The van der Waals surface area contributed by atoms with Crippen LogP contribution in [0.5, 0.6) is 17.2 Å². The minimum atomic E-state index is -0.578. The van der Waals surface area contributed by atoms with Crippen LogP contribution in [-0.4, -0.2) is 27.9 Å². The summed E-state index contributed by atoms with van der Waals surface area (Å²) in [7, 11) is 0. The van der Waals surface area contributed by atoms with Crippen molar-refractivity contribution in [1.29, 1.82) is 0 Å². The van der Waals surface area contributed by atoms with Gasteiger partial charge in [-0.3, -0.25) is 4.79 Å². The van der Waals surface area contributed by atoms with E-state index >= 15 is 0 Å². The normalized spacial score (nSPS) is 11.1. The number of phenolic OH excluding ortho intramolecular Hbond substituents is 3. The van der Waals surface area contributed by atoms with Crippen LogP contribution < -0.4 is 0 Å². The predicted molar refractivity (Wildman–Crippen MR) is 135 cm³/mol. The Balaban J connectivity index is 1.83. The van der Waals surface area contributed by atoms with E-state index in [4.69, 9.17) is 4.74 Å². The minimum Gasteiger partial charge on any atom is -0.504 e. The van der Waals surface area contributed by atoms with E-state index in [0.717, 1.165) is 12.8 Å². The third-order valence-corrected chi connectivity index (χ3v) is 6.24. The van der Waals surface area contributed by atoms with Crippen LogP contribution in [0.1, 0.15) is 128 Å². The first-order valence-corrected chi connectivity index (χ1v) is 13.4. The second kappa shape index (κ2) is 19.5. The van der Waals surface area contributed by atoms with Gasteiger partial charge in [0.25, 0.3) is 0 Å². The van der Waals surface area contributed by atoms with Crippen molar-refractivity contribution in [2.45, 2.75) is 129 Å². The molecule has 0 heterocycles. The third-order valence-electron chi connectivity index (χ3n) is 6.24. The molecule has 33 heavy (non-hydrogen) atoms. The van der Waals surface area contributed by atoms with E-state index in [1.807, 2.05) is 0 Å². The number of phenols is 3. The van der Waals surface area contributed by atoms with Crippen LogP contribution in [0.25, 0.3) is 0 Å². The molecule has 0 aliphatic heterocycles. The number of benzene rings is 1. The third kappa shape index (κ3) is 15.5. The summed E-state index contributed by atoms with van der Waals surface area (Å²) < 4.78 is 5.22. The van der Waals surface area contributed by atoms with E-state index in [-0.39, 0.29) is 6.42 Å². The van der Waals surface area contributed by atoms with Gasteiger partial charge in [0.15, 0.2) is 17.2 Å². The zero-order chi connectivity index (χ0) is 24.2. The molecule has 0 fully saturated rings. The Labute approximate surface area is 201 Å². The minimum absolute atomic E-state index is 0.0412. The van der Waals surface area contributed by atoms with Crippen LogP contribution in [-0.2, 0) is 16.0 Å². The maximum Gasteiger partial charge on any atom is 0.310 e. The molecule has 5 heteroatoms. The van der Waals surface area contributed by atoms with Crippen LogP contribution in [0, 0.1) is 0 Å². The van der Waals surface area contributed by atoms with Gasteiger partial charge in [0.1, 0.15) is 0 Å². The summed E-state index contributed by atoms with van der Waals surface area (Å²) in [5.41, 5.74) is 0.408. The second-order valence-electron chi connectivity index (χ2n) is 9.39. The molecule has 190 valence electrons. The van der Waals surface area contributed by atoms with E-state index in [1.54, 1.807) is 0 Å². The Morgan fingerprint density at radius 3 is 1.39 bits per heavy atom. The highest BCUT2D eigenvalue weighted by atomic mass is 16.5. The molecule has 0 spiro atoms. The van der Waals surface area contributed by atoms with Gasteiger partial charge in [-0.25, -0.2) is 0 Å². The zero-order valence-corrected chi connectivity index (χ0v) is 21.0. The van der Waals surface area contributed by atoms with Crippen molar-refractivity contribution in [1.82, 2.24) is 0 Å². The van der Waals surface area contributed by atoms with Crippen molar-refractivity contribution >= 4 is 5.97 Å². The fourth-order valence-electron chi connectivity index (χ4n) is 4.17. The number of carbonyl (C=O) groups is 1. The van der Waals surface area contributed by atoms with Gasteiger partial charge in [-0.05, 0) is 24.1 Å². The zero-order valence-electron chi connectivity index (χ0n) is 21.0. The van der Waals surface area contributed by atoms with Gasteiger partial charge < -0.3 is 20.1 Å². The lowest BCUT2D eigenvalue weighted by molar-refractivity contribution is -0.142. The fourth-order valence-corrected chi connectivity index (χ4v) is 4.17. The van der Waals surface area contributed by atoms with Gasteiger partial charge in [0.05, 0.1) is 13.0 Å². The maximum absolute atomic E-state index is 11.9. The molecule has 0 unspecified atom stereocenters. The first kappa shape index (κ1) is 29.1. The molecule has 3 N–H and O–H groups in total. The Morgan fingerprint density at radius 2 is 1.00 bits per heavy atom. The van der Waals surface area contributed by atoms with E-state index in [0.29, 0.717) is 12.2 Å². The average molecular weight is 465 g/mol. The largest absolute Gasteiger partial charge is 0.504 e. The molecule has 1 aromatic rings. The van der Waals surface area contributed by atoms with Crippen molar-refractivity contribution in [2.24, 2.45) is 0 Å². The molecule has 5 nitrogen and oxygen atoms in total. The summed E-state index contributed by atoms with van der Waals surface area (Å²) in [4.78, 5) is 11.9. The first-order chi connectivity index (χ1) is 16.0. The quantitative estimate of drug-likeness (QED) is 0.0976. The SMILES string of the molecule is CCCCCCCCCCCCCCCCCCCCOC(=O)Cc1cc(O)c(O)c(O)c1. The number of ether oxygens (including phenoxy) is 1. The molecular formula is C28H48O5. The van der Waals surface area contributed by atoms with Crippen molar-refractivity contribution in [3.05, 3.63) is 17.7 Å². The average Bonchev–Trinajstić information content (AvgIpc) is 2.79. The predicted octanol–water partition coefficient (Wildman–Crippen LogP) is 7.93. The van der Waals surface area contributed by atoms with E-state index in [9.17, 15) is 20.1 Å². The van der Waals surface area contributed by atoms with Gasteiger partial charge >= 0.3 is 5.97 Å². The van der Waals surface area contributed by atoms with Crippen molar-refractivity contribution in [2.75, 3.05) is 6.61 Å². The van der Waals surface area contributed by atoms with Gasteiger partial charge in [0, 0.05) is 0 Å². The highest BCUT2D eigenvalue weighted by Crippen LogP contribution is 2.35. The molecular weight excluding hydrogens is 416 g/mol. The Hall–Kier alpha value is -1.91. The number of aromatic hydroxyl groups is 3. The van der Waals surface area contributed by atoms with Gasteiger partial charge in [-0.15, -0.1) is 0 Å². The molecule has 0 aliphatic rings. The first-order valence-electron chi connectivity index (χ1n) is 13.4. The smallest absolute Gasteiger partial charge is 0.310 e. The lowest BCUT2D eigenvalue weighted by atomic mass is 10.0. The van der Waals surface area contributed by atoms with Gasteiger partial charge in [0.2, 0.25) is 0 Å². The van der Waals surface area contributed by atoms with Crippen LogP contribution in [0.3, 0.4) is 0 Å². The van der Waals surface area contributed by atoms with Crippen molar-refractivity contribution in [3.8, 4) is 17.2 Å². The van der Waals surface area contributed by atoms with E-state index < -0.39 is 23.2 Å². The Bertz CT molecular complexity index is 606. The summed E-state index contributed by atoms with van der Waals surface area (Å²) in [6, 6.07) is 2.51. The molecule has 1 aromatic carbocycles. The fraction of sp³-hybridized carbons (Fsp3) is 0.750. The second-order valence-corrected chi connectivity index (χ2v) is 9.39. The standard InChI is InChI=1S/C28H48O5/c1-2-3-4-5-6-7-8-9-10-11-12-13-14-15-16-17-18-19-20-33-27(31)23-24-21-25(29)28(32)26(30)22-24/h21-22,29-30,32H,2-20,23H2,1H3. The molecule has 0 saturated carbocycles. The number of unbranched alkanes of at least 4 members (excludes halogenated alkanes) is 17. The van der Waals surface area contributed by atoms with Crippen LogP contribution in [0.4, 0.5) is 0 Å². The lowest BCUT2D eigenvalue weighted by Gasteiger charge is -2.07. The molecule has 0 bridgehead atoms. The highest BCUT2D eigenvalue weighted by Gasteiger charge is 2.11. The number of rotatable bonds is 21. The number of carbonyl (C=O) groups excluding carboxylic acids is 1. The van der Waals surface area contributed by atoms with Crippen LogP contribution in [0.2, 0.25) is 0 Å². The molecule has 0 saturated heterocycles. The molecule has 0 amide bonds. The lowest BCUT2D eigenvalue weighted by Crippen LogP contribution is -2.09. The number of hydrogen-bond donors (Lipinski definition) is 3. The number of esters is 1. The topological polar surface area (TPSA) is 87.0 Å². The number of hydrogen-bond acceptors (Lipinski definition) is 5. The van der Waals surface area contributed by atoms with E-state index in [2.05, 4.69) is 6.92 Å². The van der Waals surface area contributed by atoms with Crippen molar-refractivity contribution < 1.29 is 24.9 Å². The summed E-state index contributed by atoms with van der Waals surface area (Å²) in [5.74, 6) is -1.86. The summed E-state index contributed by atoms with van der Waals surface area (Å²) in [6.07, 6.45) is 23.7. The molecule has 0 aliphatic carbocycles. The van der Waals surface area contributed by atoms with E-state index in [1.165, 1.54) is 115 Å². The maximum atomic E-state index is 11.9. The van der Waals surface area contributed by atoms with Gasteiger partial charge in [-0.2, -0.15) is 0 Å². The molecule has 1 rings (SSSR count). The van der Waals surface area contributed by atoms with Crippen molar-refractivity contribution in [3.63, 3.8) is 0 Å². The van der Waals surface area contributed by atoms with Crippen LogP contribution >= 0.6 is 0 Å². The highest BCUT2D eigenvalue weighted by molar-refractivity contribution is 5.73. The Kier molecular flexibility index (Phi) is 17.3. The summed E-state index contributed by atoms with van der Waals surface area (Å²) in [6.45, 7) is 2.67. The molecule has 0 atom stereocenters. The summed E-state index contributed by atoms with van der Waals surface area (Å²) in [5, 5.41) is 28.3. The monoisotopic (exact) mass is 464 g/mol. The molecule has 0 radical (unpaired) electrons. The molecule has 0 aromatic heterocycles. The Morgan fingerprint density at radius 1 is 0.636 bits per heavy atom.